The summed E-state index contributed by atoms with van der Waals surface area (Å²) in [5.74, 6) is 3.03. The maximum absolute atomic E-state index is 6.06. The molecule has 0 saturated heterocycles. The summed E-state index contributed by atoms with van der Waals surface area (Å²) in [7, 11) is 2.10. The molecule has 2 saturated carbocycles. The SMILES string of the molecule is CCOC(C)(CC)C(CC1CC2CCC1C2)NC. The standard InChI is InChI=1S/C16H31NO/c1-5-16(3,18-6-2)15(17-4)11-14-10-12-7-8-13(14)9-12/h12-15,17H,5-11H2,1-4H3. The molecule has 0 aromatic carbocycles. The molecule has 5 atom stereocenters. The first-order chi connectivity index (χ1) is 8.62. The van der Waals surface area contributed by atoms with Crippen molar-refractivity contribution in [1.82, 2.24) is 5.32 Å². The van der Waals surface area contributed by atoms with E-state index in [4.69, 9.17) is 4.74 Å². The average molecular weight is 253 g/mol. The van der Waals surface area contributed by atoms with Gasteiger partial charge < -0.3 is 10.1 Å². The molecule has 106 valence electrons. The van der Waals surface area contributed by atoms with Crippen molar-refractivity contribution in [3.63, 3.8) is 0 Å². The second-order valence-corrected chi connectivity index (χ2v) is 6.61. The van der Waals surface area contributed by atoms with Gasteiger partial charge in [0.05, 0.1) is 5.60 Å². The minimum absolute atomic E-state index is 0.00529. The topological polar surface area (TPSA) is 21.3 Å². The van der Waals surface area contributed by atoms with E-state index in [9.17, 15) is 0 Å². The summed E-state index contributed by atoms with van der Waals surface area (Å²) in [6, 6.07) is 0.506. The molecule has 2 rings (SSSR count). The highest BCUT2D eigenvalue weighted by Gasteiger charge is 2.42. The van der Waals surface area contributed by atoms with Gasteiger partial charge in [0.2, 0.25) is 0 Å². The van der Waals surface area contributed by atoms with Gasteiger partial charge in [-0.15, -0.1) is 0 Å². The zero-order valence-corrected chi connectivity index (χ0v) is 12.7. The predicted octanol–water partition coefficient (Wildman–Crippen LogP) is 3.61. The molecule has 0 amide bonds. The van der Waals surface area contributed by atoms with Gasteiger partial charge >= 0.3 is 0 Å². The third kappa shape index (κ3) is 2.75. The fraction of sp³-hybridized carbons (Fsp3) is 1.00. The van der Waals surface area contributed by atoms with Crippen LogP contribution in [0.25, 0.3) is 0 Å². The largest absolute Gasteiger partial charge is 0.374 e. The van der Waals surface area contributed by atoms with Crippen molar-refractivity contribution in [2.45, 2.75) is 70.9 Å². The predicted molar refractivity (Wildman–Crippen MR) is 76.7 cm³/mol. The molecule has 2 aliphatic carbocycles. The van der Waals surface area contributed by atoms with Crippen molar-refractivity contribution in [3.8, 4) is 0 Å². The summed E-state index contributed by atoms with van der Waals surface area (Å²) in [6.45, 7) is 7.46. The van der Waals surface area contributed by atoms with Gasteiger partial charge in [0.1, 0.15) is 0 Å². The Morgan fingerprint density at radius 1 is 1.28 bits per heavy atom. The first kappa shape index (κ1) is 14.3. The molecule has 1 N–H and O–H groups in total. The summed E-state index contributed by atoms with van der Waals surface area (Å²) in [5, 5.41) is 3.54. The van der Waals surface area contributed by atoms with Crippen molar-refractivity contribution in [2.24, 2.45) is 17.8 Å². The van der Waals surface area contributed by atoms with Crippen LogP contribution in [0.2, 0.25) is 0 Å². The van der Waals surface area contributed by atoms with Gasteiger partial charge in [-0.1, -0.05) is 13.3 Å². The number of fused-ring (bicyclic) bond motifs is 2. The van der Waals surface area contributed by atoms with Gasteiger partial charge in [0, 0.05) is 12.6 Å². The molecule has 0 spiro atoms. The smallest absolute Gasteiger partial charge is 0.0803 e. The van der Waals surface area contributed by atoms with Crippen LogP contribution in [0.4, 0.5) is 0 Å². The molecule has 0 aromatic rings. The Balaban J connectivity index is 1.95. The summed E-state index contributed by atoms with van der Waals surface area (Å²) in [5.41, 5.74) is 0.00529. The molecular weight excluding hydrogens is 222 g/mol. The minimum atomic E-state index is 0.00529. The summed E-state index contributed by atoms with van der Waals surface area (Å²) < 4.78 is 6.06. The number of likely N-dealkylation sites (N-methyl/N-ethyl adjacent to an activating group) is 1. The van der Waals surface area contributed by atoms with Crippen LogP contribution in [0.1, 0.15) is 59.3 Å². The lowest BCUT2D eigenvalue weighted by molar-refractivity contribution is -0.0601. The van der Waals surface area contributed by atoms with Crippen LogP contribution in [0.5, 0.6) is 0 Å². The van der Waals surface area contributed by atoms with Crippen molar-refractivity contribution in [2.75, 3.05) is 13.7 Å². The van der Waals surface area contributed by atoms with Crippen molar-refractivity contribution in [3.05, 3.63) is 0 Å². The molecule has 2 fully saturated rings. The normalized spacial score (nSPS) is 35.7. The van der Waals surface area contributed by atoms with Crippen molar-refractivity contribution in [1.29, 1.82) is 0 Å². The van der Waals surface area contributed by atoms with Crippen LogP contribution in [-0.2, 0) is 4.74 Å². The first-order valence-corrected chi connectivity index (χ1v) is 7.94. The Morgan fingerprint density at radius 3 is 2.50 bits per heavy atom. The van der Waals surface area contributed by atoms with Gasteiger partial charge in [0.25, 0.3) is 0 Å². The maximum Gasteiger partial charge on any atom is 0.0803 e. The minimum Gasteiger partial charge on any atom is -0.374 e. The van der Waals surface area contributed by atoms with E-state index < -0.39 is 0 Å². The highest BCUT2D eigenvalue weighted by molar-refractivity contribution is 4.96. The molecular formula is C16H31NO. The Hall–Kier alpha value is -0.0800. The van der Waals surface area contributed by atoms with Crippen LogP contribution in [0.15, 0.2) is 0 Å². The van der Waals surface area contributed by atoms with Crippen molar-refractivity contribution >= 4 is 0 Å². The average Bonchev–Trinajstić information content (AvgIpc) is 2.98. The van der Waals surface area contributed by atoms with Gasteiger partial charge in [-0.25, -0.2) is 0 Å². The Labute approximate surface area is 113 Å². The molecule has 2 bridgehead atoms. The van der Waals surface area contributed by atoms with Crippen LogP contribution in [0, 0.1) is 17.8 Å². The highest BCUT2D eigenvalue weighted by atomic mass is 16.5. The summed E-state index contributed by atoms with van der Waals surface area (Å²) in [4.78, 5) is 0. The summed E-state index contributed by atoms with van der Waals surface area (Å²) >= 11 is 0. The van der Waals surface area contributed by atoms with Crippen molar-refractivity contribution < 1.29 is 4.74 Å². The quantitative estimate of drug-likeness (QED) is 0.748. The zero-order chi connectivity index (χ0) is 13.2. The van der Waals surface area contributed by atoms with E-state index in [0.717, 1.165) is 30.8 Å². The van der Waals surface area contributed by atoms with Gasteiger partial charge in [-0.05, 0) is 70.8 Å². The third-order valence-electron chi connectivity index (χ3n) is 5.68. The monoisotopic (exact) mass is 253 g/mol. The maximum atomic E-state index is 6.06. The third-order valence-corrected chi connectivity index (χ3v) is 5.68. The lowest BCUT2D eigenvalue weighted by atomic mass is 9.79. The van der Waals surface area contributed by atoms with Crippen LogP contribution in [-0.4, -0.2) is 25.3 Å². The molecule has 2 aliphatic rings. The fourth-order valence-electron chi connectivity index (χ4n) is 4.42. The van der Waals surface area contributed by atoms with E-state index in [2.05, 4.69) is 33.1 Å². The summed E-state index contributed by atoms with van der Waals surface area (Å²) in [6.07, 6.45) is 8.38. The van der Waals surface area contributed by atoms with E-state index in [1.807, 2.05) is 0 Å². The fourth-order valence-corrected chi connectivity index (χ4v) is 4.42. The number of ether oxygens (including phenoxy) is 1. The zero-order valence-electron chi connectivity index (χ0n) is 12.7. The van der Waals surface area contributed by atoms with E-state index in [-0.39, 0.29) is 5.60 Å². The molecule has 0 aromatic heterocycles. The Kier molecular flexibility index (Phi) is 4.71. The first-order valence-electron chi connectivity index (χ1n) is 7.94. The number of hydrogen-bond acceptors (Lipinski definition) is 2. The van der Waals surface area contributed by atoms with E-state index in [1.54, 1.807) is 0 Å². The lowest BCUT2D eigenvalue weighted by Crippen LogP contribution is -2.50. The second-order valence-electron chi connectivity index (χ2n) is 6.61. The second kappa shape index (κ2) is 5.92. The molecule has 2 heteroatoms. The van der Waals surface area contributed by atoms with E-state index in [0.29, 0.717) is 6.04 Å². The number of nitrogens with one attached hydrogen (secondary N) is 1. The number of rotatable bonds is 7. The molecule has 0 heterocycles. The molecule has 0 aliphatic heterocycles. The molecule has 0 radical (unpaired) electrons. The number of hydrogen-bond donors (Lipinski definition) is 1. The highest BCUT2D eigenvalue weighted by Crippen LogP contribution is 2.50. The van der Waals surface area contributed by atoms with E-state index in [1.165, 1.54) is 32.1 Å². The van der Waals surface area contributed by atoms with Crippen LogP contribution >= 0.6 is 0 Å². The molecule has 2 nitrogen and oxygen atoms in total. The van der Waals surface area contributed by atoms with E-state index >= 15 is 0 Å². The Morgan fingerprint density at radius 2 is 2.06 bits per heavy atom. The van der Waals surface area contributed by atoms with Gasteiger partial charge in [-0.3, -0.25) is 0 Å². The Bertz CT molecular complexity index is 268. The molecule has 18 heavy (non-hydrogen) atoms. The lowest BCUT2D eigenvalue weighted by Gasteiger charge is -2.39. The van der Waals surface area contributed by atoms with Gasteiger partial charge in [-0.2, -0.15) is 0 Å². The van der Waals surface area contributed by atoms with Crippen LogP contribution < -0.4 is 5.32 Å². The molecule has 5 unspecified atom stereocenters. The van der Waals surface area contributed by atoms with Gasteiger partial charge in [0.15, 0.2) is 0 Å². The van der Waals surface area contributed by atoms with Crippen LogP contribution in [0.3, 0.4) is 0 Å².